The second-order valence-corrected chi connectivity index (χ2v) is 6.49. The summed E-state index contributed by atoms with van der Waals surface area (Å²) in [6.45, 7) is 0. The van der Waals surface area contributed by atoms with Crippen LogP contribution < -0.4 is 4.90 Å². The molecule has 2 aromatic rings. The molecule has 120 valence electrons. The van der Waals surface area contributed by atoms with Crippen LogP contribution in [0.25, 0.3) is 0 Å². The summed E-state index contributed by atoms with van der Waals surface area (Å²) in [7, 11) is 0. The fourth-order valence-corrected chi connectivity index (χ4v) is 4.11. The fraction of sp³-hybridized carbons (Fsp3) is 0.300. The van der Waals surface area contributed by atoms with Crippen LogP contribution >= 0.6 is 0 Å². The maximum atomic E-state index is 12.1. The molecule has 24 heavy (non-hydrogen) atoms. The lowest BCUT2D eigenvalue weighted by Crippen LogP contribution is -2.26. The molecule has 4 nitrogen and oxygen atoms in total. The molecule has 0 unspecified atom stereocenters. The SMILES string of the molecule is N#Cc1cccc(N(C(=O)O)c2c3c(cc4c2CCC4)CCC3)c1. The zero-order valence-corrected chi connectivity index (χ0v) is 13.4. The van der Waals surface area contributed by atoms with E-state index in [0.29, 0.717) is 11.3 Å². The zero-order valence-electron chi connectivity index (χ0n) is 13.4. The molecule has 0 radical (unpaired) electrons. The van der Waals surface area contributed by atoms with Gasteiger partial charge < -0.3 is 5.11 Å². The number of carboxylic acid groups (broad SMARTS) is 1. The molecular weight excluding hydrogens is 300 g/mol. The fourth-order valence-electron chi connectivity index (χ4n) is 4.11. The van der Waals surface area contributed by atoms with Crippen LogP contribution in [0.15, 0.2) is 30.3 Å². The van der Waals surface area contributed by atoms with E-state index in [2.05, 4.69) is 12.1 Å². The lowest BCUT2D eigenvalue weighted by atomic mass is 9.97. The van der Waals surface area contributed by atoms with Crippen molar-refractivity contribution in [1.29, 1.82) is 5.26 Å². The molecule has 0 bridgehead atoms. The Labute approximate surface area is 141 Å². The Bertz CT molecular complexity index is 848. The minimum atomic E-state index is -0.987. The zero-order chi connectivity index (χ0) is 16.7. The van der Waals surface area contributed by atoms with Crippen LogP contribution in [-0.2, 0) is 25.7 Å². The molecule has 0 spiro atoms. The second kappa shape index (κ2) is 5.68. The molecule has 0 aliphatic heterocycles. The van der Waals surface area contributed by atoms with Gasteiger partial charge in [-0.05, 0) is 79.0 Å². The number of amides is 1. The minimum Gasteiger partial charge on any atom is -0.464 e. The van der Waals surface area contributed by atoms with Crippen molar-refractivity contribution in [3.63, 3.8) is 0 Å². The normalized spacial score (nSPS) is 14.8. The van der Waals surface area contributed by atoms with E-state index in [1.165, 1.54) is 27.2 Å². The molecular formula is C20H18N2O2. The number of rotatable bonds is 2. The van der Waals surface area contributed by atoms with Gasteiger partial charge in [-0.2, -0.15) is 5.26 Å². The van der Waals surface area contributed by atoms with Crippen LogP contribution in [0.5, 0.6) is 0 Å². The van der Waals surface area contributed by atoms with Crippen molar-refractivity contribution in [1.82, 2.24) is 0 Å². The highest BCUT2D eigenvalue weighted by Gasteiger charge is 2.30. The average Bonchev–Trinajstić information content (AvgIpc) is 3.23. The van der Waals surface area contributed by atoms with Gasteiger partial charge in [0, 0.05) is 0 Å². The van der Waals surface area contributed by atoms with Crippen molar-refractivity contribution < 1.29 is 9.90 Å². The standard InChI is InChI=1S/C20H18N2O2/c21-12-13-4-1-7-16(10-13)22(20(23)24)19-17-8-2-5-14(17)11-15-6-3-9-18(15)19/h1,4,7,10-11H,2-3,5-6,8-9H2,(H,23,24). The van der Waals surface area contributed by atoms with Gasteiger partial charge in [-0.15, -0.1) is 0 Å². The third-order valence-corrected chi connectivity index (χ3v) is 5.09. The van der Waals surface area contributed by atoms with Crippen LogP contribution in [0.3, 0.4) is 0 Å². The molecule has 4 heteroatoms. The third-order valence-electron chi connectivity index (χ3n) is 5.09. The van der Waals surface area contributed by atoms with Crippen molar-refractivity contribution in [3.05, 3.63) is 58.1 Å². The Morgan fingerprint density at radius 3 is 2.29 bits per heavy atom. The molecule has 2 aliphatic rings. The van der Waals surface area contributed by atoms with E-state index in [-0.39, 0.29) is 0 Å². The Kier molecular flexibility index (Phi) is 3.50. The van der Waals surface area contributed by atoms with E-state index in [1.54, 1.807) is 24.3 Å². The quantitative estimate of drug-likeness (QED) is 0.895. The summed E-state index contributed by atoms with van der Waals surface area (Å²) in [4.78, 5) is 13.5. The first-order valence-corrected chi connectivity index (χ1v) is 8.39. The number of hydrogen-bond donors (Lipinski definition) is 1. The van der Waals surface area contributed by atoms with Gasteiger partial charge in [0.15, 0.2) is 0 Å². The second-order valence-electron chi connectivity index (χ2n) is 6.49. The topological polar surface area (TPSA) is 64.3 Å². The summed E-state index contributed by atoms with van der Waals surface area (Å²) in [5.41, 5.74) is 6.85. The van der Waals surface area contributed by atoms with Crippen molar-refractivity contribution in [3.8, 4) is 6.07 Å². The highest BCUT2D eigenvalue weighted by molar-refractivity contribution is 5.97. The van der Waals surface area contributed by atoms with Gasteiger partial charge in [-0.1, -0.05) is 12.1 Å². The molecule has 0 aromatic heterocycles. The molecule has 0 saturated carbocycles. The molecule has 1 amide bonds. The number of anilines is 2. The summed E-state index contributed by atoms with van der Waals surface area (Å²) >= 11 is 0. The van der Waals surface area contributed by atoms with E-state index in [9.17, 15) is 9.90 Å². The van der Waals surface area contributed by atoms with E-state index >= 15 is 0 Å². The van der Waals surface area contributed by atoms with E-state index in [0.717, 1.165) is 44.2 Å². The minimum absolute atomic E-state index is 0.475. The predicted molar refractivity (Wildman–Crippen MR) is 91.8 cm³/mol. The molecule has 2 aliphatic carbocycles. The van der Waals surface area contributed by atoms with Crippen LogP contribution in [-0.4, -0.2) is 11.2 Å². The maximum absolute atomic E-state index is 12.1. The summed E-state index contributed by atoms with van der Waals surface area (Å²) < 4.78 is 0. The number of aryl methyl sites for hydroxylation is 2. The van der Waals surface area contributed by atoms with E-state index in [1.807, 2.05) is 0 Å². The van der Waals surface area contributed by atoms with Crippen molar-refractivity contribution in [2.45, 2.75) is 38.5 Å². The maximum Gasteiger partial charge on any atom is 0.416 e. The van der Waals surface area contributed by atoms with E-state index < -0.39 is 6.09 Å². The summed E-state index contributed by atoms with van der Waals surface area (Å²) in [6, 6.07) is 11.3. The van der Waals surface area contributed by atoms with Crippen LogP contribution in [0.4, 0.5) is 16.2 Å². The van der Waals surface area contributed by atoms with Crippen molar-refractivity contribution >= 4 is 17.5 Å². The average molecular weight is 318 g/mol. The molecule has 0 fully saturated rings. The van der Waals surface area contributed by atoms with Crippen molar-refractivity contribution in [2.24, 2.45) is 0 Å². The Balaban J connectivity index is 1.95. The smallest absolute Gasteiger partial charge is 0.416 e. The van der Waals surface area contributed by atoms with Gasteiger partial charge in [0.2, 0.25) is 0 Å². The van der Waals surface area contributed by atoms with Gasteiger partial charge in [-0.25, -0.2) is 9.69 Å². The number of hydrogen-bond acceptors (Lipinski definition) is 2. The first-order valence-electron chi connectivity index (χ1n) is 8.39. The molecule has 0 heterocycles. The third kappa shape index (κ3) is 2.25. The molecule has 1 N–H and O–H groups in total. The molecule has 4 rings (SSSR count). The highest BCUT2D eigenvalue weighted by Crippen LogP contribution is 2.43. The molecule has 0 saturated heterocycles. The number of nitrogens with zero attached hydrogens (tertiary/aromatic N) is 2. The number of nitriles is 1. The van der Waals surface area contributed by atoms with Gasteiger partial charge >= 0.3 is 6.09 Å². The molecule has 0 atom stereocenters. The van der Waals surface area contributed by atoms with Crippen LogP contribution in [0, 0.1) is 11.3 Å². The first kappa shape index (κ1) is 14.8. The van der Waals surface area contributed by atoms with Gasteiger partial charge in [0.1, 0.15) is 0 Å². The number of benzene rings is 2. The van der Waals surface area contributed by atoms with Crippen molar-refractivity contribution in [2.75, 3.05) is 4.90 Å². The lowest BCUT2D eigenvalue weighted by molar-refractivity contribution is 0.204. The lowest BCUT2D eigenvalue weighted by Gasteiger charge is -2.26. The van der Waals surface area contributed by atoms with Gasteiger partial charge in [0.25, 0.3) is 0 Å². The van der Waals surface area contributed by atoms with Crippen LogP contribution in [0.1, 0.15) is 40.7 Å². The number of carbonyl (C=O) groups is 1. The summed E-state index contributed by atoms with van der Waals surface area (Å²) in [5.74, 6) is 0. The van der Waals surface area contributed by atoms with Gasteiger partial charge in [0.05, 0.1) is 23.0 Å². The summed E-state index contributed by atoms with van der Waals surface area (Å²) in [6.07, 6.45) is 5.09. The summed E-state index contributed by atoms with van der Waals surface area (Å²) in [5, 5.41) is 19.1. The largest absolute Gasteiger partial charge is 0.464 e. The van der Waals surface area contributed by atoms with Crippen LogP contribution in [0.2, 0.25) is 0 Å². The molecule has 2 aromatic carbocycles. The van der Waals surface area contributed by atoms with Gasteiger partial charge in [-0.3, -0.25) is 0 Å². The Morgan fingerprint density at radius 2 is 1.71 bits per heavy atom. The predicted octanol–water partition coefficient (Wildman–Crippen LogP) is 4.35. The number of fused-ring (bicyclic) bond motifs is 2. The Hall–Kier alpha value is -2.80. The van der Waals surface area contributed by atoms with E-state index in [4.69, 9.17) is 5.26 Å². The first-order chi connectivity index (χ1) is 11.7. The Morgan fingerprint density at radius 1 is 1.04 bits per heavy atom. The monoisotopic (exact) mass is 318 g/mol. The highest BCUT2D eigenvalue weighted by atomic mass is 16.4.